The first-order chi connectivity index (χ1) is 8.96. The number of benzene rings is 1. The molecule has 1 heterocycles. The number of halogens is 2. The van der Waals surface area contributed by atoms with Gasteiger partial charge >= 0.3 is 0 Å². The van der Waals surface area contributed by atoms with E-state index in [4.69, 9.17) is 0 Å². The monoisotopic (exact) mass is 411 g/mol. The van der Waals surface area contributed by atoms with Crippen LogP contribution in [0, 0.1) is 0 Å². The van der Waals surface area contributed by atoms with Gasteiger partial charge < -0.3 is 5.11 Å². The maximum Gasteiger partial charge on any atom is 0.244 e. The zero-order valence-electron chi connectivity index (χ0n) is 10.2. The highest BCUT2D eigenvalue weighted by atomic mass is 79.9. The molecule has 0 aromatic heterocycles. The van der Waals surface area contributed by atoms with Gasteiger partial charge in [0.2, 0.25) is 10.0 Å². The second kappa shape index (κ2) is 6.22. The standard InChI is InChI=1S/C12H15Br2NO3S/c13-9-4-5-11(14)12(7-9)19(17,18)15-6-2-1-3-10(15)8-16/h4-5,7,10,16H,1-3,6,8H2. The summed E-state index contributed by atoms with van der Waals surface area (Å²) in [4.78, 5) is 0.238. The zero-order valence-corrected chi connectivity index (χ0v) is 14.2. The van der Waals surface area contributed by atoms with Gasteiger partial charge in [-0.15, -0.1) is 0 Å². The predicted molar refractivity (Wildman–Crippen MR) is 80.5 cm³/mol. The molecule has 1 aromatic rings. The topological polar surface area (TPSA) is 57.6 Å². The number of sulfonamides is 1. The summed E-state index contributed by atoms with van der Waals surface area (Å²) >= 11 is 6.58. The number of hydrogen-bond acceptors (Lipinski definition) is 3. The van der Waals surface area contributed by atoms with Gasteiger partial charge in [-0.2, -0.15) is 4.31 Å². The fourth-order valence-corrected chi connectivity index (χ4v) is 5.42. The Morgan fingerprint density at radius 1 is 1.32 bits per heavy atom. The molecule has 0 bridgehead atoms. The van der Waals surface area contributed by atoms with Crippen LogP contribution in [0.5, 0.6) is 0 Å². The quantitative estimate of drug-likeness (QED) is 0.830. The summed E-state index contributed by atoms with van der Waals surface area (Å²) in [7, 11) is -3.58. The lowest BCUT2D eigenvalue weighted by Gasteiger charge is -2.33. The van der Waals surface area contributed by atoms with Gasteiger partial charge in [0.25, 0.3) is 0 Å². The third-order valence-corrected chi connectivity index (χ3v) is 6.70. The van der Waals surface area contributed by atoms with E-state index in [1.54, 1.807) is 18.2 Å². The van der Waals surface area contributed by atoms with Crippen LogP contribution in [-0.4, -0.2) is 37.0 Å². The largest absolute Gasteiger partial charge is 0.395 e. The smallest absolute Gasteiger partial charge is 0.244 e. The minimum Gasteiger partial charge on any atom is -0.395 e. The van der Waals surface area contributed by atoms with Gasteiger partial charge in [-0.1, -0.05) is 22.4 Å². The summed E-state index contributed by atoms with van der Waals surface area (Å²) in [6.07, 6.45) is 2.50. The van der Waals surface area contributed by atoms with Crippen LogP contribution < -0.4 is 0 Å². The molecule has 19 heavy (non-hydrogen) atoms. The molecule has 0 radical (unpaired) electrons. The van der Waals surface area contributed by atoms with E-state index in [1.165, 1.54) is 4.31 Å². The van der Waals surface area contributed by atoms with E-state index >= 15 is 0 Å². The summed E-state index contributed by atoms with van der Waals surface area (Å²) in [5, 5.41) is 9.37. The van der Waals surface area contributed by atoms with Crippen molar-refractivity contribution in [3.63, 3.8) is 0 Å². The molecule has 1 atom stereocenters. The highest BCUT2D eigenvalue weighted by Gasteiger charge is 2.34. The number of aliphatic hydroxyl groups is 1. The van der Waals surface area contributed by atoms with Crippen LogP contribution in [-0.2, 0) is 10.0 Å². The van der Waals surface area contributed by atoms with E-state index in [9.17, 15) is 13.5 Å². The summed E-state index contributed by atoms with van der Waals surface area (Å²) in [5.74, 6) is 0. The molecule has 1 saturated heterocycles. The molecule has 4 nitrogen and oxygen atoms in total. The molecular formula is C12H15Br2NO3S. The predicted octanol–water partition coefficient (Wildman–Crippen LogP) is 2.75. The molecule has 0 spiro atoms. The summed E-state index contributed by atoms with van der Waals surface area (Å²) in [5.41, 5.74) is 0. The molecule has 0 saturated carbocycles. The average molecular weight is 413 g/mol. The molecule has 1 N–H and O–H groups in total. The van der Waals surface area contributed by atoms with E-state index in [-0.39, 0.29) is 17.5 Å². The molecule has 106 valence electrons. The van der Waals surface area contributed by atoms with Crippen molar-refractivity contribution < 1.29 is 13.5 Å². The molecular weight excluding hydrogens is 398 g/mol. The van der Waals surface area contributed by atoms with Gasteiger partial charge in [0.1, 0.15) is 0 Å². The Balaban J connectivity index is 2.43. The van der Waals surface area contributed by atoms with Gasteiger partial charge in [0.15, 0.2) is 0 Å². The molecule has 1 fully saturated rings. The van der Waals surface area contributed by atoms with Gasteiger partial charge in [0.05, 0.1) is 11.5 Å². The fourth-order valence-electron chi connectivity index (χ4n) is 2.27. The van der Waals surface area contributed by atoms with Crippen molar-refractivity contribution in [1.29, 1.82) is 0 Å². The van der Waals surface area contributed by atoms with E-state index in [1.807, 2.05) is 0 Å². The molecule has 1 unspecified atom stereocenters. The maximum absolute atomic E-state index is 12.7. The first-order valence-corrected chi connectivity index (χ1v) is 9.07. The van der Waals surface area contributed by atoms with Crippen molar-refractivity contribution in [2.75, 3.05) is 13.2 Å². The first-order valence-electron chi connectivity index (χ1n) is 6.04. The number of rotatable bonds is 3. The number of nitrogens with zero attached hydrogens (tertiary/aromatic N) is 1. The molecule has 7 heteroatoms. The highest BCUT2D eigenvalue weighted by molar-refractivity contribution is 9.11. The maximum atomic E-state index is 12.7. The normalized spacial score (nSPS) is 21.5. The van der Waals surface area contributed by atoms with Crippen LogP contribution in [0.15, 0.2) is 32.0 Å². The first kappa shape index (κ1) is 15.4. The second-order valence-corrected chi connectivity index (χ2v) is 8.15. The average Bonchev–Trinajstić information content (AvgIpc) is 2.41. The molecule has 2 rings (SSSR count). The van der Waals surface area contributed by atoms with Crippen molar-refractivity contribution in [2.24, 2.45) is 0 Å². The van der Waals surface area contributed by atoms with E-state index in [2.05, 4.69) is 31.9 Å². The lowest BCUT2D eigenvalue weighted by atomic mass is 10.1. The second-order valence-electron chi connectivity index (χ2n) is 4.52. The third-order valence-electron chi connectivity index (χ3n) is 3.26. The SMILES string of the molecule is O=S(=O)(c1cc(Br)ccc1Br)N1CCCCC1CO. The van der Waals surface area contributed by atoms with Crippen LogP contribution in [0.3, 0.4) is 0 Å². The Morgan fingerprint density at radius 3 is 2.74 bits per heavy atom. The van der Waals surface area contributed by atoms with Crippen LogP contribution in [0.25, 0.3) is 0 Å². The van der Waals surface area contributed by atoms with Crippen molar-refractivity contribution in [1.82, 2.24) is 4.31 Å². The lowest BCUT2D eigenvalue weighted by Crippen LogP contribution is -2.45. The zero-order chi connectivity index (χ0) is 14.0. The van der Waals surface area contributed by atoms with Gasteiger partial charge in [-0.25, -0.2) is 8.42 Å². The minimum absolute atomic E-state index is 0.134. The molecule has 1 aliphatic heterocycles. The lowest BCUT2D eigenvalue weighted by molar-refractivity contribution is 0.155. The van der Waals surface area contributed by atoms with Crippen LogP contribution in [0.4, 0.5) is 0 Å². The summed E-state index contributed by atoms with van der Waals surface area (Å²) < 4.78 is 28.1. The van der Waals surface area contributed by atoms with Crippen LogP contribution >= 0.6 is 31.9 Å². The molecule has 0 aliphatic carbocycles. The molecule has 0 amide bonds. The van der Waals surface area contributed by atoms with Crippen LogP contribution in [0.2, 0.25) is 0 Å². The van der Waals surface area contributed by atoms with Gasteiger partial charge in [-0.05, 0) is 47.0 Å². The molecule has 1 aliphatic rings. The number of aliphatic hydroxyl groups excluding tert-OH is 1. The number of hydrogen-bond donors (Lipinski definition) is 1. The van der Waals surface area contributed by atoms with Crippen molar-refractivity contribution >= 4 is 41.9 Å². The van der Waals surface area contributed by atoms with Crippen molar-refractivity contribution in [2.45, 2.75) is 30.2 Å². The Bertz CT molecular complexity index is 562. The van der Waals surface area contributed by atoms with E-state index in [0.29, 0.717) is 21.9 Å². The number of piperidine rings is 1. The molecule has 1 aromatic carbocycles. The Morgan fingerprint density at radius 2 is 2.05 bits per heavy atom. The fraction of sp³-hybridized carbons (Fsp3) is 0.500. The summed E-state index contributed by atoms with van der Waals surface area (Å²) in [6, 6.07) is 4.75. The minimum atomic E-state index is -3.58. The Labute approximate surface area is 130 Å². The van der Waals surface area contributed by atoms with Gasteiger partial charge in [-0.3, -0.25) is 0 Å². The summed E-state index contributed by atoms with van der Waals surface area (Å²) in [6.45, 7) is 0.331. The third kappa shape index (κ3) is 3.21. The van der Waals surface area contributed by atoms with Crippen LogP contribution in [0.1, 0.15) is 19.3 Å². The van der Waals surface area contributed by atoms with Gasteiger partial charge in [0, 0.05) is 21.5 Å². The van der Waals surface area contributed by atoms with E-state index in [0.717, 1.165) is 12.8 Å². The highest BCUT2D eigenvalue weighted by Crippen LogP contribution is 2.31. The van der Waals surface area contributed by atoms with Crippen molar-refractivity contribution in [3.05, 3.63) is 27.1 Å². The van der Waals surface area contributed by atoms with Crippen molar-refractivity contribution in [3.8, 4) is 0 Å². The Kier molecular flexibility index (Phi) is 5.05. The van der Waals surface area contributed by atoms with E-state index < -0.39 is 10.0 Å². The Hall–Kier alpha value is 0.0500.